The third kappa shape index (κ3) is 8.75. The predicted molar refractivity (Wildman–Crippen MR) is 128 cm³/mol. The van der Waals surface area contributed by atoms with Gasteiger partial charge in [0.05, 0.1) is 12.6 Å². The van der Waals surface area contributed by atoms with Gasteiger partial charge in [-0.25, -0.2) is 4.79 Å². The Balaban J connectivity index is 3.05. The number of aliphatic carboxylic acids is 1. The molecule has 3 amide bonds. The molecule has 0 bridgehead atoms. The van der Waals surface area contributed by atoms with Crippen LogP contribution in [-0.2, 0) is 25.6 Å². The smallest absolute Gasteiger partial charge is 0.326 e. The molecule has 1 aromatic carbocycles. The second-order valence-electron chi connectivity index (χ2n) is 8.62. The maximum absolute atomic E-state index is 13.0. The van der Waals surface area contributed by atoms with E-state index in [1.807, 2.05) is 13.8 Å². The van der Waals surface area contributed by atoms with Crippen LogP contribution in [0.25, 0.3) is 0 Å². The van der Waals surface area contributed by atoms with Gasteiger partial charge in [-0.3, -0.25) is 14.4 Å². The van der Waals surface area contributed by atoms with Gasteiger partial charge in [-0.05, 0) is 17.4 Å². The standard InChI is InChI=1S/C24H38N4O6/c1-5-14(3)19(25)23(32)27-18(13-29)22(31)26-17(12-16-10-8-7-9-11-16)21(30)28-20(24(33)34)15(4)6-2/h7-11,14-15,17-20,29H,5-6,12-13,25H2,1-4H3,(H,26,31)(H,27,32)(H,28,30)(H,33,34). The van der Waals surface area contributed by atoms with Crippen molar-refractivity contribution in [2.45, 2.75) is 71.1 Å². The van der Waals surface area contributed by atoms with Crippen LogP contribution in [-0.4, -0.2) is 64.7 Å². The molecule has 0 spiro atoms. The van der Waals surface area contributed by atoms with Crippen LogP contribution in [0.3, 0.4) is 0 Å². The lowest BCUT2D eigenvalue weighted by molar-refractivity contribution is -0.143. The van der Waals surface area contributed by atoms with Crippen molar-refractivity contribution in [1.29, 1.82) is 0 Å². The number of carbonyl (C=O) groups is 4. The summed E-state index contributed by atoms with van der Waals surface area (Å²) in [4.78, 5) is 49.9. The van der Waals surface area contributed by atoms with Crippen LogP contribution in [0.2, 0.25) is 0 Å². The average molecular weight is 479 g/mol. The van der Waals surface area contributed by atoms with Gasteiger partial charge in [0, 0.05) is 6.42 Å². The van der Waals surface area contributed by atoms with Gasteiger partial charge in [-0.15, -0.1) is 0 Å². The molecule has 6 atom stereocenters. The summed E-state index contributed by atoms with van der Waals surface area (Å²) in [6.07, 6.45) is 1.27. The van der Waals surface area contributed by atoms with E-state index in [0.717, 1.165) is 5.56 Å². The highest BCUT2D eigenvalue weighted by molar-refractivity contribution is 5.94. The molecule has 1 rings (SSSR count). The minimum atomic E-state index is -1.32. The highest BCUT2D eigenvalue weighted by Crippen LogP contribution is 2.10. The number of benzene rings is 1. The summed E-state index contributed by atoms with van der Waals surface area (Å²) >= 11 is 0. The summed E-state index contributed by atoms with van der Waals surface area (Å²) < 4.78 is 0. The number of carboxylic acids is 1. The zero-order chi connectivity index (χ0) is 25.8. The molecule has 0 aromatic heterocycles. The molecule has 0 fully saturated rings. The van der Waals surface area contributed by atoms with E-state index in [9.17, 15) is 29.4 Å². The summed E-state index contributed by atoms with van der Waals surface area (Å²) in [5, 5.41) is 26.7. The molecule has 10 heteroatoms. The third-order valence-electron chi connectivity index (χ3n) is 6.07. The zero-order valence-electron chi connectivity index (χ0n) is 20.3. The molecule has 190 valence electrons. The van der Waals surface area contributed by atoms with Crippen molar-refractivity contribution < 1.29 is 29.4 Å². The number of carbonyl (C=O) groups excluding carboxylic acids is 3. The van der Waals surface area contributed by atoms with Crippen LogP contribution >= 0.6 is 0 Å². The van der Waals surface area contributed by atoms with Gasteiger partial charge in [-0.1, -0.05) is 70.9 Å². The summed E-state index contributed by atoms with van der Waals surface area (Å²) in [5.74, 6) is -3.68. The average Bonchev–Trinajstić information content (AvgIpc) is 2.83. The van der Waals surface area contributed by atoms with Crippen LogP contribution in [0.4, 0.5) is 0 Å². The van der Waals surface area contributed by atoms with E-state index in [1.165, 1.54) is 0 Å². The Labute approximate surface area is 200 Å². The second kappa shape index (κ2) is 14.3. The Hall–Kier alpha value is -2.98. The minimum Gasteiger partial charge on any atom is -0.480 e. The number of rotatable bonds is 14. The maximum atomic E-state index is 13.0. The molecule has 0 aliphatic carbocycles. The fourth-order valence-corrected chi connectivity index (χ4v) is 3.24. The topological polar surface area (TPSA) is 171 Å². The number of hydrogen-bond acceptors (Lipinski definition) is 6. The van der Waals surface area contributed by atoms with Crippen LogP contribution in [0, 0.1) is 11.8 Å². The first kappa shape index (κ1) is 29.1. The Morgan fingerprint density at radius 2 is 1.38 bits per heavy atom. The Bertz CT molecular complexity index is 819. The van der Waals surface area contributed by atoms with Crippen LogP contribution in [0.5, 0.6) is 0 Å². The fourth-order valence-electron chi connectivity index (χ4n) is 3.24. The fraction of sp³-hybridized carbons (Fsp3) is 0.583. The van der Waals surface area contributed by atoms with Gasteiger partial charge in [-0.2, -0.15) is 0 Å². The van der Waals surface area contributed by atoms with Crippen molar-refractivity contribution in [2.24, 2.45) is 17.6 Å². The highest BCUT2D eigenvalue weighted by atomic mass is 16.4. The SMILES string of the molecule is CCC(C)C(N)C(=O)NC(CO)C(=O)NC(Cc1ccccc1)C(=O)NC(C(=O)O)C(C)CC. The van der Waals surface area contributed by atoms with Crippen molar-refractivity contribution in [3.8, 4) is 0 Å². The number of aliphatic hydroxyl groups excluding tert-OH is 1. The van der Waals surface area contributed by atoms with Gasteiger partial charge >= 0.3 is 5.97 Å². The molecule has 1 aromatic rings. The molecule has 0 saturated heterocycles. The van der Waals surface area contributed by atoms with Crippen molar-refractivity contribution in [2.75, 3.05) is 6.61 Å². The molecule has 0 aliphatic rings. The van der Waals surface area contributed by atoms with Crippen LogP contribution < -0.4 is 21.7 Å². The first-order chi connectivity index (χ1) is 16.0. The molecule has 10 nitrogen and oxygen atoms in total. The number of amides is 3. The predicted octanol–water partition coefficient (Wildman–Crippen LogP) is 0.180. The van der Waals surface area contributed by atoms with Crippen molar-refractivity contribution in [3.05, 3.63) is 35.9 Å². The molecule has 6 unspecified atom stereocenters. The number of carboxylic acid groups (broad SMARTS) is 1. The highest BCUT2D eigenvalue weighted by Gasteiger charge is 2.32. The van der Waals surface area contributed by atoms with Crippen molar-refractivity contribution in [3.63, 3.8) is 0 Å². The monoisotopic (exact) mass is 478 g/mol. The second-order valence-corrected chi connectivity index (χ2v) is 8.62. The van der Waals surface area contributed by atoms with E-state index in [1.54, 1.807) is 44.2 Å². The van der Waals surface area contributed by atoms with Crippen LogP contribution in [0.15, 0.2) is 30.3 Å². The normalized spacial score (nSPS) is 16.3. The molecular weight excluding hydrogens is 440 g/mol. The summed E-state index contributed by atoms with van der Waals surface area (Å²) in [6.45, 7) is 6.50. The van der Waals surface area contributed by atoms with E-state index in [-0.39, 0.29) is 18.3 Å². The minimum absolute atomic E-state index is 0.0870. The van der Waals surface area contributed by atoms with E-state index < -0.39 is 54.5 Å². The lowest BCUT2D eigenvalue weighted by atomic mass is 9.98. The Kier molecular flexibility index (Phi) is 12.2. The summed E-state index contributed by atoms with van der Waals surface area (Å²) in [6, 6.07) is 4.46. The first-order valence-electron chi connectivity index (χ1n) is 11.6. The van der Waals surface area contributed by atoms with Gasteiger partial charge in [0.1, 0.15) is 18.1 Å². The molecule has 0 radical (unpaired) electrons. The lowest BCUT2D eigenvalue weighted by Crippen LogP contribution is -2.59. The quantitative estimate of drug-likeness (QED) is 0.221. The first-order valence-corrected chi connectivity index (χ1v) is 11.6. The lowest BCUT2D eigenvalue weighted by Gasteiger charge is -2.26. The molecular formula is C24H38N4O6. The molecule has 7 N–H and O–H groups in total. The van der Waals surface area contributed by atoms with E-state index in [4.69, 9.17) is 5.73 Å². The van der Waals surface area contributed by atoms with Gasteiger partial charge in [0.15, 0.2) is 0 Å². The van der Waals surface area contributed by atoms with Gasteiger partial charge in [0.25, 0.3) is 0 Å². The molecule has 34 heavy (non-hydrogen) atoms. The number of hydrogen-bond donors (Lipinski definition) is 6. The largest absolute Gasteiger partial charge is 0.480 e. The maximum Gasteiger partial charge on any atom is 0.326 e. The van der Waals surface area contributed by atoms with E-state index >= 15 is 0 Å². The van der Waals surface area contributed by atoms with E-state index in [0.29, 0.717) is 12.8 Å². The van der Waals surface area contributed by atoms with E-state index in [2.05, 4.69) is 16.0 Å². The Morgan fingerprint density at radius 3 is 1.88 bits per heavy atom. The zero-order valence-corrected chi connectivity index (χ0v) is 20.3. The molecule has 0 saturated carbocycles. The number of nitrogens with two attached hydrogens (primary N) is 1. The van der Waals surface area contributed by atoms with Gasteiger partial charge < -0.3 is 31.9 Å². The summed E-state index contributed by atoms with van der Waals surface area (Å²) in [7, 11) is 0. The third-order valence-corrected chi connectivity index (χ3v) is 6.07. The Morgan fingerprint density at radius 1 is 0.853 bits per heavy atom. The van der Waals surface area contributed by atoms with Crippen molar-refractivity contribution >= 4 is 23.7 Å². The number of nitrogens with one attached hydrogen (secondary N) is 3. The van der Waals surface area contributed by atoms with Gasteiger partial charge in [0.2, 0.25) is 17.7 Å². The van der Waals surface area contributed by atoms with Crippen molar-refractivity contribution in [1.82, 2.24) is 16.0 Å². The molecule has 0 heterocycles. The summed E-state index contributed by atoms with van der Waals surface area (Å²) in [5.41, 5.74) is 6.64. The number of aliphatic hydroxyl groups is 1. The van der Waals surface area contributed by atoms with Crippen LogP contribution in [0.1, 0.15) is 46.1 Å². The molecule has 0 aliphatic heterocycles.